The Bertz CT molecular complexity index is 842. The third kappa shape index (κ3) is 4.02. The second kappa shape index (κ2) is 8.32. The number of carbonyl (C=O) groups is 5. The van der Waals surface area contributed by atoms with Gasteiger partial charge in [-0.1, -0.05) is 12.8 Å². The molecule has 156 valence electrons. The van der Waals surface area contributed by atoms with Crippen LogP contribution >= 0.6 is 11.3 Å². The molecule has 1 aromatic rings. The van der Waals surface area contributed by atoms with Crippen LogP contribution in [0.1, 0.15) is 49.9 Å². The number of primary amides is 1. The molecule has 0 bridgehead atoms. The Morgan fingerprint density at radius 1 is 1.17 bits per heavy atom. The minimum atomic E-state index is -1.19. The molecule has 1 aliphatic carbocycles. The van der Waals surface area contributed by atoms with Gasteiger partial charge in [-0.2, -0.15) is 0 Å². The van der Waals surface area contributed by atoms with E-state index in [0.29, 0.717) is 12.8 Å². The maximum Gasteiger partial charge on any atom is 0.329 e. The molecule has 0 aromatic carbocycles. The van der Waals surface area contributed by atoms with Crippen molar-refractivity contribution in [2.24, 2.45) is 17.6 Å². The molecule has 4 amide bonds. The van der Waals surface area contributed by atoms with Gasteiger partial charge in [-0.25, -0.2) is 4.79 Å². The topological polar surface area (TPSA) is 136 Å². The lowest BCUT2D eigenvalue weighted by atomic mass is 9.81. The van der Waals surface area contributed by atoms with E-state index in [9.17, 15) is 24.0 Å². The summed E-state index contributed by atoms with van der Waals surface area (Å²) in [7, 11) is 0. The van der Waals surface area contributed by atoms with Crippen LogP contribution in [0.15, 0.2) is 11.4 Å². The molecule has 1 aromatic heterocycles. The first-order valence-corrected chi connectivity index (χ1v) is 10.4. The van der Waals surface area contributed by atoms with Gasteiger partial charge >= 0.3 is 5.97 Å². The molecule has 1 saturated carbocycles. The molecule has 1 aliphatic heterocycles. The molecule has 4 atom stereocenters. The number of imide groups is 1. The van der Waals surface area contributed by atoms with Crippen LogP contribution in [0.25, 0.3) is 0 Å². The van der Waals surface area contributed by atoms with Gasteiger partial charge < -0.3 is 15.8 Å². The number of nitrogens with zero attached hydrogens (tertiary/aromatic N) is 1. The van der Waals surface area contributed by atoms with E-state index in [1.807, 2.05) is 0 Å². The molecule has 1 saturated heterocycles. The number of hydrogen-bond donors (Lipinski definition) is 2. The van der Waals surface area contributed by atoms with Gasteiger partial charge in [-0.3, -0.25) is 24.1 Å². The Kier molecular flexibility index (Phi) is 6.02. The minimum absolute atomic E-state index is 0.158. The number of thiophene rings is 1. The summed E-state index contributed by atoms with van der Waals surface area (Å²) in [5, 5.41) is 4.35. The first-order valence-electron chi connectivity index (χ1n) is 9.48. The minimum Gasteiger partial charge on any atom is -0.451 e. The van der Waals surface area contributed by atoms with Crippen molar-refractivity contribution in [3.63, 3.8) is 0 Å². The first kappa shape index (κ1) is 21.0. The third-order valence-corrected chi connectivity index (χ3v) is 6.26. The van der Waals surface area contributed by atoms with E-state index < -0.39 is 29.9 Å². The van der Waals surface area contributed by atoms with Crippen molar-refractivity contribution in [2.75, 3.05) is 5.32 Å². The number of nitrogens with two attached hydrogens (primary N) is 1. The van der Waals surface area contributed by atoms with E-state index in [1.165, 1.54) is 19.9 Å². The molecule has 3 rings (SSSR count). The lowest BCUT2D eigenvalue weighted by molar-refractivity contribution is -0.163. The lowest BCUT2D eigenvalue weighted by Crippen LogP contribution is -2.46. The molecule has 29 heavy (non-hydrogen) atoms. The molecule has 0 unspecified atom stereocenters. The fraction of sp³-hybridized carbons (Fsp3) is 0.526. The molecular weight excluding hydrogens is 398 g/mol. The fourth-order valence-electron chi connectivity index (χ4n) is 3.81. The van der Waals surface area contributed by atoms with E-state index in [-0.39, 0.29) is 34.2 Å². The van der Waals surface area contributed by atoms with Gasteiger partial charge in [0.25, 0.3) is 11.8 Å². The number of carbonyl (C=O) groups excluding carboxylic acids is 5. The Balaban J connectivity index is 1.62. The highest BCUT2D eigenvalue weighted by Gasteiger charge is 2.51. The lowest BCUT2D eigenvalue weighted by Gasteiger charge is -2.23. The molecular formula is C19H23N3O6S. The van der Waals surface area contributed by atoms with Gasteiger partial charge in [0, 0.05) is 0 Å². The zero-order valence-electron chi connectivity index (χ0n) is 16.2. The Morgan fingerprint density at radius 2 is 1.76 bits per heavy atom. The summed E-state index contributed by atoms with van der Waals surface area (Å²) in [6.07, 6.45) is 1.88. The number of esters is 1. The number of likely N-dealkylation sites (tertiary alicyclic amines) is 1. The van der Waals surface area contributed by atoms with Crippen molar-refractivity contribution in [1.29, 1.82) is 0 Å². The Hall–Kier alpha value is -2.75. The van der Waals surface area contributed by atoms with Gasteiger partial charge in [-0.05, 0) is 38.1 Å². The number of rotatable bonds is 6. The van der Waals surface area contributed by atoms with Crippen molar-refractivity contribution in [1.82, 2.24) is 4.90 Å². The van der Waals surface area contributed by atoms with Crippen LogP contribution in [0.5, 0.6) is 0 Å². The van der Waals surface area contributed by atoms with Crippen LogP contribution < -0.4 is 11.1 Å². The maximum atomic E-state index is 12.6. The molecule has 0 spiro atoms. The van der Waals surface area contributed by atoms with Crippen LogP contribution in [-0.4, -0.2) is 46.6 Å². The summed E-state index contributed by atoms with van der Waals surface area (Å²) in [6, 6.07) is 0.365. The number of ether oxygens (including phenoxy) is 1. The van der Waals surface area contributed by atoms with Crippen LogP contribution in [0.3, 0.4) is 0 Å². The van der Waals surface area contributed by atoms with Crippen molar-refractivity contribution in [2.45, 2.75) is 51.7 Å². The monoisotopic (exact) mass is 421 g/mol. The SMILES string of the molecule is C[C@@H](OC(=O)[C@H](C)N1C(=O)[C@H]2CCCC[C@@H]2C1=O)C(=O)Nc1sccc1C(N)=O. The van der Waals surface area contributed by atoms with Crippen LogP contribution in [0.2, 0.25) is 0 Å². The quantitative estimate of drug-likeness (QED) is 0.525. The predicted molar refractivity (Wildman–Crippen MR) is 104 cm³/mol. The smallest absolute Gasteiger partial charge is 0.329 e. The van der Waals surface area contributed by atoms with Gasteiger partial charge in [0.2, 0.25) is 11.8 Å². The molecule has 2 fully saturated rings. The van der Waals surface area contributed by atoms with Crippen molar-refractivity contribution >= 4 is 45.9 Å². The van der Waals surface area contributed by atoms with Gasteiger partial charge in [0.05, 0.1) is 17.4 Å². The Morgan fingerprint density at radius 3 is 2.31 bits per heavy atom. The van der Waals surface area contributed by atoms with Crippen LogP contribution in [-0.2, 0) is 23.9 Å². The fourth-order valence-corrected chi connectivity index (χ4v) is 4.61. The van der Waals surface area contributed by atoms with E-state index in [0.717, 1.165) is 29.1 Å². The highest BCUT2D eigenvalue weighted by molar-refractivity contribution is 7.14. The average molecular weight is 421 g/mol. The highest BCUT2D eigenvalue weighted by atomic mass is 32.1. The molecule has 10 heteroatoms. The van der Waals surface area contributed by atoms with E-state index >= 15 is 0 Å². The van der Waals surface area contributed by atoms with Crippen LogP contribution in [0, 0.1) is 11.8 Å². The number of anilines is 1. The summed E-state index contributed by atoms with van der Waals surface area (Å²) in [4.78, 5) is 62.3. The zero-order valence-corrected chi connectivity index (χ0v) is 17.0. The van der Waals surface area contributed by atoms with Crippen molar-refractivity contribution in [3.05, 3.63) is 17.0 Å². The molecule has 0 radical (unpaired) electrons. The molecule has 2 heterocycles. The van der Waals surface area contributed by atoms with Crippen molar-refractivity contribution in [3.8, 4) is 0 Å². The number of hydrogen-bond acceptors (Lipinski definition) is 7. The number of amides is 4. The van der Waals surface area contributed by atoms with E-state index in [2.05, 4.69) is 5.32 Å². The summed E-state index contributed by atoms with van der Waals surface area (Å²) < 4.78 is 5.18. The molecule has 2 aliphatic rings. The number of nitrogens with one attached hydrogen (secondary N) is 1. The second-order valence-corrected chi connectivity index (χ2v) is 8.23. The summed E-state index contributed by atoms with van der Waals surface area (Å²) >= 11 is 1.11. The predicted octanol–water partition coefficient (Wildman–Crippen LogP) is 1.28. The third-order valence-electron chi connectivity index (χ3n) is 5.43. The summed E-state index contributed by atoms with van der Waals surface area (Å²) in [5.74, 6) is -3.58. The van der Waals surface area contributed by atoms with Gasteiger partial charge in [0.15, 0.2) is 6.10 Å². The normalized spacial score (nSPS) is 23.3. The number of fused-ring (bicyclic) bond motifs is 1. The van der Waals surface area contributed by atoms with Gasteiger partial charge in [-0.15, -0.1) is 11.3 Å². The standard InChI is InChI=1S/C19H23N3O6S/c1-9(22-17(25)11-5-3-4-6-12(11)18(22)26)19(27)28-10(2)15(24)21-16-13(14(20)23)7-8-29-16/h7-12H,3-6H2,1-2H3,(H2,20,23)(H,21,24)/t9-,10+,11-,12-/m0/s1. The zero-order chi connectivity index (χ0) is 21.3. The molecule has 3 N–H and O–H groups in total. The Labute approximate surface area is 171 Å². The molecule has 9 nitrogen and oxygen atoms in total. The summed E-state index contributed by atoms with van der Waals surface area (Å²) in [6.45, 7) is 2.79. The van der Waals surface area contributed by atoms with Gasteiger partial charge in [0.1, 0.15) is 11.0 Å². The van der Waals surface area contributed by atoms with E-state index in [4.69, 9.17) is 10.5 Å². The highest BCUT2D eigenvalue weighted by Crippen LogP contribution is 2.39. The largest absolute Gasteiger partial charge is 0.451 e. The second-order valence-electron chi connectivity index (χ2n) is 7.32. The maximum absolute atomic E-state index is 12.6. The summed E-state index contributed by atoms with van der Waals surface area (Å²) in [5.41, 5.74) is 5.40. The van der Waals surface area contributed by atoms with Crippen LogP contribution in [0.4, 0.5) is 5.00 Å². The first-order chi connectivity index (χ1) is 13.7. The van der Waals surface area contributed by atoms with E-state index in [1.54, 1.807) is 5.38 Å². The van der Waals surface area contributed by atoms with Crippen molar-refractivity contribution < 1.29 is 28.7 Å². The average Bonchev–Trinajstić information content (AvgIpc) is 3.24.